The molecule has 11 heteroatoms. The molecule has 4 unspecified atom stereocenters. The summed E-state index contributed by atoms with van der Waals surface area (Å²) >= 11 is 0. The average Bonchev–Trinajstić information content (AvgIpc) is 3.61. The van der Waals surface area contributed by atoms with Gasteiger partial charge in [-0.1, -0.05) is 79.9 Å². The molecule has 2 amide bonds. The number of nitrogens with zero attached hydrogens (tertiary/aromatic N) is 2. The van der Waals surface area contributed by atoms with E-state index in [0.717, 1.165) is 59.4 Å². The number of carbonyl (C=O) groups is 2. The van der Waals surface area contributed by atoms with E-state index in [1.165, 1.54) is 32.1 Å². The van der Waals surface area contributed by atoms with Crippen molar-refractivity contribution in [2.75, 3.05) is 26.2 Å². The molecule has 3 saturated heterocycles. The molecule has 0 saturated carbocycles. The van der Waals surface area contributed by atoms with Gasteiger partial charge in [0, 0.05) is 31.6 Å². The molecule has 268 valence electrons. The number of aliphatic hydroxyl groups is 1. The lowest BCUT2D eigenvalue weighted by Crippen LogP contribution is -2.50. The van der Waals surface area contributed by atoms with E-state index in [-0.39, 0.29) is 38.3 Å². The monoisotopic (exact) mass is 693 g/mol. The average molecular weight is 694 g/mol. The summed E-state index contributed by atoms with van der Waals surface area (Å²) in [6.07, 6.45) is 1.65. The normalized spacial score (nSPS) is 23.6. The number of rotatable bonds is 9. The minimum atomic E-state index is -5.01. The molecule has 0 spiro atoms. The van der Waals surface area contributed by atoms with Gasteiger partial charge in [0.05, 0.1) is 18.8 Å². The van der Waals surface area contributed by atoms with Crippen molar-refractivity contribution in [3.05, 3.63) is 95.1 Å². The fraction of sp³-hybridized carbons (Fsp3) is 0.487. The van der Waals surface area contributed by atoms with Crippen LogP contribution >= 0.6 is 0 Å². The maximum absolute atomic E-state index is 13.1. The van der Waals surface area contributed by atoms with Gasteiger partial charge in [0.2, 0.25) is 5.91 Å². The Morgan fingerprint density at radius 2 is 1.50 bits per heavy atom. The van der Waals surface area contributed by atoms with Gasteiger partial charge in [-0.25, -0.2) is 0 Å². The van der Waals surface area contributed by atoms with Crippen molar-refractivity contribution >= 4 is 11.8 Å². The molecule has 3 aromatic carbocycles. The van der Waals surface area contributed by atoms with Crippen molar-refractivity contribution in [3.63, 3.8) is 0 Å². The van der Waals surface area contributed by atoms with E-state index in [1.54, 1.807) is 0 Å². The molecule has 4 atom stereocenters. The number of benzene rings is 3. The lowest BCUT2D eigenvalue weighted by molar-refractivity contribution is -0.253. The Labute approximate surface area is 291 Å². The van der Waals surface area contributed by atoms with Crippen LogP contribution in [0.25, 0.3) is 11.1 Å². The predicted molar refractivity (Wildman–Crippen MR) is 182 cm³/mol. The Morgan fingerprint density at radius 1 is 0.800 bits per heavy atom. The zero-order valence-corrected chi connectivity index (χ0v) is 28.2. The first-order valence-corrected chi connectivity index (χ1v) is 17.8. The Hall–Kier alpha value is -3.77. The summed E-state index contributed by atoms with van der Waals surface area (Å²) in [4.78, 5) is 27.9. The van der Waals surface area contributed by atoms with Crippen LogP contribution in [-0.4, -0.2) is 71.2 Å². The minimum Gasteiger partial charge on any atom is -0.392 e. The molecule has 0 radical (unpaired) electrons. The molecule has 6 rings (SSSR count). The highest BCUT2D eigenvalue weighted by Gasteiger charge is 2.47. The highest BCUT2D eigenvalue weighted by Crippen LogP contribution is 2.39. The fourth-order valence-corrected chi connectivity index (χ4v) is 7.29. The van der Waals surface area contributed by atoms with E-state index in [0.29, 0.717) is 11.3 Å². The molecule has 3 aliphatic rings. The number of alkyl halides is 3. The quantitative estimate of drug-likeness (QED) is 0.256. The van der Waals surface area contributed by atoms with Crippen molar-refractivity contribution in [2.45, 2.75) is 95.2 Å². The van der Waals surface area contributed by atoms with Crippen molar-refractivity contribution in [1.82, 2.24) is 15.1 Å². The lowest BCUT2D eigenvalue weighted by Gasteiger charge is -2.39. The molecular formula is C39H46F3N3O5. The molecule has 0 aromatic heterocycles. The van der Waals surface area contributed by atoms with Gasteiger partial charge in [0.15, 0.2) is 6.29 Å². The van der Waals surface area contributed by atoms with Gasteiger partial charge in [0.25, 0.3) is 0 Å². The van der Waals surface area contributed by atoms with Gasteiger partial charge in [0.1, 0.15) is 6.04 Å². The van der Waals surface area contributed by atoms with Crippen LogP contribution in [0.5, 0.6) is 0 Å². The van der Waals surface area contributed by atoms with Gasteiger partial charge in [-0.05, 0) is 78.7 Å². The van der Waals surface area contributed by atoms with Crippen LogP contribution in [0, 0.1) is 0 Å². The first-order chi connectivity index (χ1) is 24.2. The van der Waals surface area contributed by atoms with E-state index in [4.69, 9.17) is 9.47 Å². The topological polar surface area (TPSA) is 91.3 Å². The van der Waals surface area contributed by atoms with E-state index in [9.17, 15) is 27.9 Å². The number of halogens is 3. The van der Waals surface area contributed by atoms with Crippen molar-refractivity contribution in [1.29, 1.82) is 0 Å². The van der Waals surface area contributed by atoms with Crippen molar-refractivity contribution < 1.29 is 37.3 Å². The van der Waals surface area contributed by atoms with Gasteiger partial charge in [-0.2, -0.15) is 13.2 Å². The SMILES string of the molecule is O=C(NCc1cccc(-c2cccc(C3OC(CN4CCCCCCC4)CC(c4ccc(CO)cc4)O3)c2)c1)C1CCCN1C(=O)C(F)(F)F. The summed E-state index contributed by atoms with van der Waals surface area (Å²) in [5.74, 6) is -2.57. The number of nitrogens with one attached hydrogen (secondary N) is 1. The minimum absolute atomic E-state index is 0.0163. The summed E-state index contributed by atoms with van der Waals surface area (Å²) < 4.78 is 52.5. The molecule has 3 fully saturated rings. The molecule has 3 aliphatic heterocycles. The fourth-order valence-electron chi connectivity index (χ4n) is 7.29. The van der Waals surface area contributed by atoms with Crippen molar-refractivity contribution in [2.24, 2.45) is 0 Å². The third kappa shape index (κ3) is 9.11. The maximum atomic E-state index is 13.1. The lowest BCUT2D eigenvalue weighted by atomic mass is 9.98. The van der Waals surface area contributed by atoms with Gasteiger partial charge in [-0.15, -0.1) is 0 Å². The van der Waals surface area contributed by atoms with Gasteiger partial charge in [-0.3, -0.25) is 9.59 Å². The van der Waals surface area contributed by atoms with Crippen LogP contribution in [0.2, 0.25) is 0 Å². The van der Waals surface area contributed by atoms with Crippen LogP contribution in [0.3, 0.4) is 0 Å². The molecule has 3 heterocycles. The van der Waals surface area contributed by atoms with E-state index in [1.807, 2.05) is 72.8 Å². The first kappa shape index (κ1) is 36.0. The number of amides is 2. The Balaban J connectivity index is 1.16. The molecular weight excluding hydrogens is 647 g/mol. The second kappa shape index (κ2) is 16.5. The summed E-state index contributed by atoms with van der Waals surface area (Å²) in [6.45, 7) is 2.97. The smallest absolute Gasteiger partial charge is 0.392 e. The van der Waals surface area contributed by atoms with Crippen LogP contribution in [-0.2, 0) is 32.2 Å². The van der Waals surface area contributed by atoms with E-state index >= 15 is 0 Å². The second-order valence-electron chi connectivity index (χ2n) is 13.6. The number of ether oxygens (including phenoxy) is 2. The molecule has 0 bridgehead atoms. The van der Waals surface area contributed by atoms with E-state index < -0.39 is 30.3 Å². The van der Waals surface area contributed by atoms with E-state index in [2.05, 4.69) is 10.2 Å². The Bertz CT molecular complexity index is 1590. The molecule has 50 heavy (non-hydrogen) atoms. The zero-order chi connectivity index (χ0) is 35.1. The van der Waals surface area contributed by atoms with Crippen LogP contribution in [0.15, 0.2) is 72.8 Å². The number of hydrogen-bond donors (Lipinski definition) is 2. The third-order valence-corrected chi connectivity index (χ3v) is 9.97. The van der Waals surface area contributed by atoms with Gasteiger partial charge >= 0.3 is 12.1 Å². The number of carbonyl (C=O) groups excluding carboxylic acids is 2. The third-order valence-electron chi connectivity index (χ3n) is 9.97. The Morgan fingerprint density at radius 3 is 2.22 bits per heavy atom. The maximum Gasteiger partial charge on any atom is 0.471 e. The highest BCUT2D eigenvalue weighted by molar-refractivity contribution is 5.90. The molecule has 3 aromatic rings. The molecule has 2 N–H and O–H groups in total. The largest absolute Gasteiger partial charge is 0.471 e. The van der Waals surface area contributed by atoms with Crippen LogP contribution in [0.4, 0.5) is 13.2 Å². The molecule has 0 aliphatic carbocycles. The van der Waals surface area contributed by atoms with Crippen molar-refractivity contribution in [3.8, 4) is 11.1 Å². The predicted octanol–water partition coefficient (Wildman–Crippen LogP) is 6.83. The van der Waals surface area contributed by atoms with Gasteiger partial charge < -0.3 is 29.7 Å². The zero-order valence-electron chi connectivity index (χ0n) is 28.2. The summed E-state index contributed by atoms with van der Waals surface area (Å²) in [7, 11) is 0. The summed E-state index contributed by atoms with van der Waals surface area (Å²) in [5, 5.41) is 12.3. The Kier molecular flexibility index (Phi) is 11.9. The molecule has 8 nitrogen and oxygen atoms in total. The summed E-state index contributed by atoms with van der Waals surface area (Å²) in [6, 6.07) is 22.4. The number of aliphatic hydroxyl groups excluding tert-OH is 1. The second-order valence-corrected chi connectivity index (χ2v) is 13.6. The highest BCUT2D eigenvalue weighted by atomic mass is 19.4. The standard InChI is InChI=1S/C39H46F3N3O5/c40-39(41,42)38(48)45-20-8-13-34(45)36(47)43-24-28-9-6-10-30(21-28)31-11-7-12-32(22-31)37-49-33(25-44-18-4-2-1-3-5-19-44)23-35(50-37)29-16-14-27(26-46)15-17-29/h6-7,9-12,14-17,21-22,33-35,37,46H,1-5,8,13,18-20,23-26H2,(H,43,47). The number of likely N-dealkylation sites (tertiary alicyclic amines) is 2. The number of hydrogen-bond acceptors (Lipinski definition) is 6. The summed E-state index contributed by atoms with van der Waals surface area (Å²) in [5.41, 5.74) is 5.38. The van der Waals surface area contributed by atoms with Crippen LogP contribution < -0.4 is 5.32 Å². The van der Waals surface area contributed by atoms with Crippen LogP contribution in [0.1, 0.15) is 86.0 Å². The first-order valence-electron chi connectivity index (χ1n) is 17.8.